The second kappa shape index (κ2) is 4.74. The Morgan fingerprint density at radius 3 is 2.67 bits per heavy atom. The Kier molecular flexibility index (Phi) is 3.01. The van der Waals surface area contributed by atoms with Crippen LogP contribution in [0.5, 0.6) is 0 Å². The molecular weight excluding hydrogens is 267 g/mol. The van der Waals surface area contributed by atoms with Crippen LogP contribution in [0.15, 0.2) is 36.5 Å². The van der Waals surface area contributed by atoms with Crippen LogP contribution in [0.25, 0.3) is 10.9 Å². The van der Waals surface area contributed by atoms with Crippen LogP contribution in [0.4, 0.5) is 10.1 Å². The fourth-order valence-electron chi connectivity index (χ4n) is 2.53. The molecule has 3 N–H and O–H groups in total. The highest BCUT2D eigenvalue weighted by molar-refractivity contribution is 6.16. The molecule has 1 aromatic heterocycles. The monoisotopic (exact) mass is 282 g/mol. The van der Waals surface area contributed by atoms with Crippen molar-refractivity contribution in [2.24, 2.45) is 0 Å². The Balaban J connectivity index is 2.19. The van der Waals surface area contributed by atoms with Crippen LogP contribution in [0.1, 0.15) is 27.0 Å². The maximum Gasteiger partial charge on any atom is 0.198 e. The van der Waals surface area contributed by atoms with Crippen molar-refractivity contribution in [2.45, 2.75) is 13.8 Å². The van der Waals surface area contributed by atoms with Gasteiger partial charge in [0.25, 0.3) is 0 Å². The van der Waals surface area contributed by atoms with Gasteiger partial charge in [-0.05, 0) is 43.7 Å². The summed E-state index contributed by atoms with van der Waals surface area (Å²) in [6.07, 6.45) is 1.62. The maximum atomic E-state index is 14.2. The smallest absolute Gasteiger partial charge is 0.198 e. The molecule has 2 aromatic carbocycles. The molecule has 0 aliphatic heterocycles. The van der Waals surface area contributed by atoms with Gasteiger partial charge in [-0.15, -0.1) is 0 Å². The SMILES string of the molecule is Cc1ccc2[nH]cc(C(=O)c3cc(N)cc(C)c3F)c2c1. The van der Waals surface area contributed by atoms with Crippen LogP contribution >= 0.6 is 0 Å². The topological polar surface area (TPSA) is 58.9 Å². The molecular formula is C17H15FN2O. The van der Waals surface area contributed by atoms with E-state index in [-0.39, 0.29) is 11.3 Å². The molecule has 0 aliphatic rings. The van der Waals surface area contributed by atoms with Gasteiger partial charge in [-0.2, -0.15) is 0 Å². The van der Waals surface area contributed by atoms with Crippen LogP contribution in [-0.2, 0) is 0 Å². The van der Waals surface area contributed by atoms with E-state index in [0.29, 0.717) is 16.8 Å². The van der Waals surface area contributed by atoms with E-state index >= 15 is 0 Å². The lowest BCUT2D eigenvalue weighted by molar-refractivity contribution is 0.103. The van der Waals surface area contributed by atoms with Gasteiger partial charge < -0.3 is 10.7 Å². The summed E-state index contributed by atoms with van der Waals surface area (Å²) in [5, 5.41) is 0.791. The number of fused-ring (bicyclic) bond motifs is 1. The molecule has 0 fully saturated rings. The Morgan fingerprint density at radius 1 is 1.14 bits per heavy atom. The van der Waals surface area contributed by atoms with E-state index in [1.165, 1.54) is 12.1 Å². The molecule has 4 heteroatoms. The number of aromatic amines is 1. The number of aryl methyl sites for hydroxylation is 2. The lowest BCUT2D eigenvalue weighted by atomic mass is 9.99. The van der Waals surface area contributed by atoms with Crippen molar-refractivity contribution in [3.63, 3.8) is 0 Å². The molecule has 0 saturated carbocycles. The average Bonchev–Trinajstić information content (AvgIpc) is 2.85. The van der Waals surface area contributed by atoms with Gasteiger partial charge in [0.1, 0.15) is 5.82 Å². The largest absolute Gasteiger partial charge is 0.399 e. The number of nitrogens with one attached hydrogen (secondary N) is 1. The number of anilines is 1. The first-order valence-corrected chi connectivity index (χ1v) is 6.65. The van der Waals surface area contributed by atoms with Gasteiger partial charge in [-0.1, -0.05) is 11.6 Å². The number of ketones is 1. The van der Waals surface area contributed by atoms with E-state index in [9.17, 15) is 9.18 Å². The van der Waals surface area contributed by atoms with E-state index in [1.54, 1.807) is 13.1 Å². The summed E-state index contributed by atoms with van der Waals surface area (Å²) in [7, 11) is 0. The highest BCUT2D eigenvalue weighted by Gasteiger charge is 2.19. The van der Waals surface area contributed by atoms with Gasteiger partial charge in [-0.3, -0.25) is 4.79 Å². The van der Waals surface area contributed by atoms with E-state index in [0.717, 1.165) is 16.5 Å². The summed E-state index contributed by atoms with van der Waals surface area (Å²) in [6, 6.07) is 8.68. The first kappa shape index (κ1) is 13.4. The number of aromatic nitrogens is 1. The predicted octanol–water partition coefficient (Wildman–Crippen LogP) is 3.74. The minimum Gasteiger partial charge on any atom is -0.399 e. The third-order valence-electron chi connectivity index (χ3n) is 3.60. The molecule has 3 rings (SSSR count). The van der Waals surface area contributed by atoms with Crippen molar-refractivity contribution in [2.75, 3.05) is 5.73 Å². The third kappa shape index (κ3) is 2.18. The Labute approximate surface area is 121 Å². The van der Waals surface area contributed by atoms with Crippen molar-refractivity contribution in [3.8, 4) is 0 Å². The summed E-state index contributed by atoms with van der Waals surface area (Å²) in [4.78, 5) is 15.7. The highest BCUT2D eigenvalue weighted by atomic mass is 19.1. The van der Waals surface area contributed by atoms with Gasteiger partial charge in [0.15, 0.2) is 5.78 Å². The Morgan fingerprint density at radius 2 is 1.90 bits per heavy atom. The summed E-state index contributed by atoms with van der Waals surface area (Å²) < 4.78 is 14.2. The number of halogens is 1. The number of nitrogens with two attached hydrogens (primary N) is 1. The van der Waals surface area contributed by atoms with Crippen molar-refractivity contribution in [1.82, 2.24) is 4.98 Å². The van der Waals surface area contributed by atoms with Crippen molar-refractivity contribution in [3.05, 3.63) is 64.6 Å². The maximum absolute atomic E-state index is 14.2. The molecule has 3 aromatic rings. The molecule has 0 spiro atoms. The van der Waals surface area contributed by atoms with Crippen molar-refractivity contribution in [1.29, 1.82) is 0 Å². The summed E-state index contributed by atoms with van der Waals surface area (Å²) in [5.74, 6) is -0.879. The van der Waals surface area contributed by atoms with Gasteiger partial charge in [0.05, 0.1) is 5.56 Å². The number of hydrogen-bond acceptors (Lipinski definition) is 2. The number of benzene rings is 2. The normalized spacial score (nSPS) is 11.0. The fourth-order valence-corrected chi connectivity index (χ4v) is 2.53. The molecule has 0 amide bonds. The zero-order valence-electron chi connectivity index (χ0n) is 11.8. The van der Waals surface area contributed by atoms with Gasteiger partial charge in [0, 0.05) is 28.4 Å². The van der Waals surface area contributed by atoms with E-state index in [4.69, 9.17) is 5.73 Å². The average molecular weight is 282 g/mol. The second-order valence-corrected chi connectivity index (χ2v) is 5.28. The first-order valence-electron chi connectivity index (χ1n) is 6.65. The zero-order valence-corrected chi connectivity index (χ0v) is 11.8. The van der Waals surface area contributed by atoms with Gasteiger partial charge in [0.2, 0.25) is 0 Å². The summed E-state index contributed by atoms with van der Waals surface area (Å²) >= 11 is 0. The zero-order chi connectivity index (χ0) is 15.1. The van der Waals surface area contributed by atoms with Crippen molar-refractivity contribution < 1.29 is 9.18 Å². The van der Waals surface area contributed by atoms with E-state index in [1.807, 2.05) is 25.1 Å². The first-order chi connectivity index (χ1) is 9.97. The van der Waals surface area contributed by atoms with Gasteiger partial charge >= 0.3 is 0 Å². The van der Waals surface area contributed by atoms with Gasteiger partial charge in [-0.25, -0.2) is 4.39 Å². The quantitative estimate of drug-likeness (QED) is 0.555. The molecule has 0 bridgehead atoms. The Hall–Kier alpha value is -2.62. The van der Waals surface area contributed by atoms with E-state index < -0.39 is 5.82 Å². The van der Waals surface area contributed by atoms with Crippen molar-refractivity contribution >= 4 is 22.4 Å². The third-order valence-corrected chi connectivity index (χ3v) is 3.60. The Bertz CT molecular complexity index is 865. The van der Waals surface area contributed by atoms with Crippen LogP contribution in [0.2, 0.25) is 0 Å². The van der Waals surface area contributed by atoms with Crippen LogP contribution in [0.3, 0.4) is 0 Å². The van der Waals surface area contributed by atoms with Crippen LogP contribution in [0, 0.1) is 19.7 Å². The molecule has 3 nitrogen and oxygen atoms in total. The second-order valence-electron chi connectivity index (χ2n) is 5.28. The number of nitrogen functional groups attached to an aromatic ring is 1. The standard InChI is InChI=1S/C17H15FN2O/c1-9-3-4-15-12(5-9)14(8-20-15)17(21)13-7-11(19)6-10(2)16(13)18/h3-8,20H,19H2,1-2H3. The lowest BCUT2D eigenvalue weighted by Gasteiger charge is -2.06. The molecule has 0 unspecified atom stereocenters. The summed E-state index contributed by atoms with van der Waals surface area (Å²) in [6.45, 7) is 3.55. The molecule has 0 radical (unpaired) electrons. The molecule has 1 heterocycles. The molecule has 0 atom stereocenters. The molecule has 0 aliphatic carbocycles. The van der Waals surface area contributed by atoms with Crippen LogP contribution < -0.4 is 5.73 Å². The minimum atomic E-state index is -0.517. The minimum absolute atomic E-state index is 0.00917. The molecule has 21 heavy (non-hydrogen) atoms. The predicted molar refractivity (Wildman–Crippen MR) is 82.0 cm³/mol. The lowest BCUT2D eigenvalue weighted by Crippen LogP contribution is -2.06. The number of carbonyl (C=O) groups is 1. The number of hydrogen-bond donors (Lipinski definition) is 2. The fraction of sp³-hybridized carbons (Fsp3) is 0.118. The molecule has 0 saturated heterocycles. The van der Waals surface area contributed by atoms with E-state index in [2.05, 4.69) is 4.98 Å². The number of rotatable bonds is 2. The molecule has 106 valence electrons. The summed E-state index contributed by atoms with van der Waals surface area (Å²) in [5.41, 5.74) is 8.84. The number of H-pyrrole nitrogens is 1. The number of carbonyl (C=O) groups excluding carboxylic acids is 1. The van der Waals surface area contributed by atoms with Crippen LogP contribution in [-0.4, -0.2) is 10.8 Å². The highest BCUT2D eigenvalue weighted by Crippen LogP contribution is 2.25.